The fourth-order valence-corrected chi connectivity index (χ4v) is 1.68. The molecule has 4 nitrogen and oxygen atoms in total. The molecule has 0 spiro atoms. The van der Waals surface area contributed by atoms with Crippen molar-refractivity contribution in [3.8, 4) is 11.1 Å². The maximum atomic E-state index is 10.9. The molecule has 0 atom stereocenters. The molecule has 0 radical (unpaired) electrons. The third-order valence-electron chi connectivity index (χ3n) is 2.56. The Morgan fingerprint density at radius 2 is 1.76 bits per heavy atom. The molecule has 0 saturated heterocycles. The number of nitro groups is 1. The molecule has 17 heavy (non-hydrogen) atoms. The van der Waals surface area contributed by atoms with Gasteiger partial charge in [-0.05, 0) is 17.2 Å². The zero-order valence-corrected chi connectivity index (χ0v) is 9.04. The third-order valence-corrected chi connectivity index (χ3v) is 2.56. The molecule has 0 saturated carbocycles. The molecule has 0 aliphatic heterocycles. The summed E-state index contributed by atoms with van der Waals surface area (Å²) in [6.07, 6.45) is 0. The number of hydrogen-bond donors (Lipinski definition) is 1. The van der Waals surface area contributed by atoms with Crippen molar-refractivity contribution >= 4 is 5.69 Å². The van der Waals surface area contributed by atoms with Gasteiger partial charge < -0.3 is 5.11 Å². The van der Waals surface area contributed by atoms with Crippen molar-refractivity contribution in [3.63, 3.8) is 0 Å². The summed E-state index contributed by atoms with van der Waals surface area (Å²) in [7, 11) is 0. The summed E-state index contributed by atoms with van der Waals surface area (Å²) in [5.74, 6) is 0. The van der Waals surface area contributed by atoms with Gasteiger partial charge in [0, 0.05) is 6.07 Å². The molecule has 0 unspecified atom stereocenters. The van der Waals surface area contributed by atoms with Crippen molar-refractivity contribution in [2.75, 3.05) is 0 Å². The minimum Gasteiger partial charge on any atom is -0.391 e. The van der Waals surface area contributed by atoms with Crippen LogP contribution in [0.4, 0.5) is 5.69 Å². The van der Waals surface area contributed by atoms with Crippen LogP contribution in [0.5, 0.6) is 0 Å². The average molecular weight is 229 g/mol. The Labute approximate surface area is 98.3 Å². The van der Waals surface area contributed by atoms with Gasteiger partial charge in [0.15, 0.2) is 0 Å². The third kappa shape index (κ3) is 2.32. The standard InChI is InChI=1S/C13H11NO3/c15-9-12-7-6-11(8-13(12)14(16)17)10-4-2-1-3-5-10/h1-8,15H,9H2. The number of rotatable bonds is 3. The summed E-state index contributed by atoms with van der Waals surface area (Å²) in [5.41, 5.74) is 1.97. The van der Waals surface area contributed by atoms with E-state index in [1.54, 1.807) is 12.1 Å². The van der Waals surface area contributed by atoms with Gasteiger partial charge in [0.05, 0.1) is 17.1 Å². The van der Waals surface area contributed by atoms with Gasteiger partial charge in [-0.1, -0.05) is 36.4 Å². The van der Waals surface area contributed by atoms with Crippen LogP contribution in [-0.2, 0) is 6.61 Å². The van der Waals surface area contributed by atoms with Crippen LogP contribution in [0.1, 0.15) is 5.56 Å². The highest BCUT2D eigenvalue weighted by atomic mass is 16.6. The van der Waals surface area contributed by atoms with Crippen LogP contribution in [0, 0.1) is 10.1 Å². The fraction of sp³-hybridized carbons (Fsp3) is 0.0769. The molecular formula is C13H11NO3. The lowest BCUT2D eigenvalue weighted by Crippen LogP contribution is -1.95. The first kappa shape index (κ1) is 11.3. The van der Waals surface area contributed by atoms with Crippen LogP contribution in [0.25, 0.3) is 11.1 Å². The molecule has 0 fully saturated rings. The fourth-order valence-electron chi connectivity index (χ4n) is 1.68. The van der Waals surface area contributed by atoms with Gasteiger partial charge in [0.1, 0.15) is 0 Å². The monoisotopic (exact) mass is 229 g/mol. The van der Waals surface area contributed by atoms with Crippen molar-refractivity contribution in [2.45, 2.75) is 6.61 Å². The van der Waals surface area contributed by atoms with E-state index in [-0.39, 0.29) is 12.3 Å². The molecule has 2 rings (SSSR count). The van der Waals surface area contributed by atoms with Crippen LogP contribution in [-0.4, -0.2) is 10.0 Å². The number of aliphatic hydroxyl groups excluding tert-OH is 1. The first-order chi connectivity index (χ1) is 8.22. The molecule has 0 bridgehead atoms. The summed E-state index contributed by atoms with van der Waals surface area (Å²) in [4.78, 5) is 10.4. The maximum absolute atomic E-state index is 10.9. The Balaban J connectivity index is 2.51. The molecule has 0 aromatic heterocycles. The molecular weight excluding hydrogens is 218 g/mol. The number of hydrogen-bond acceptors (Lipinski definition) is 3. The minimum atomic E-state index is -0.474. The summed E-state index contributed by atoms with van der Waals surface area (Å²) in [6, 6.07) is 14.3. The topological polar surface area (TPSA) is 63.4 Å². The van der Waals surface area contributed by atoms with Gasteiger partial charge in [-0.3, -0.25) is 10.1 Å². The number of nitrogens with zero attached hydrogens (tertiary/aromatic N) is 1. The molecule has 0 amide bonds. The quantitative estimate of drug-likeness (QED) is 0.650. The highest BCUT2D eigenvalue weighted by Gasteiger charge is 2.14. The van der Waals surface area contributed by atoms with Crippen LogP contribution >= 0.6 is 0 Å². The lowest BCUT2D eigenvalue weighted by atomic mass is 10.0. The largest absolute Gasteiger partial charge is 0.391 e. The van der Waals surface area contributed by atoms with E-state index in [0.29, 0.717) is 5.56 Å². The SMILES string of the molecule is O=[N+]([O-])c1cc(-c2ccccc2)ccc1CO. The van der Waals surface area contributed by atoms with Gasteiger partial charge in [-0.15, -0.1) is 0 Å². The van der Waals surface area contributed by atoms with Crippen LogP contribution < -0.4 is 0 Å². The molecule has 2 aromatic rings. The van der Waals surface area contributed by atoms with Crippen molar-refractivity contribution < 1.29 is 10.0 Å². The highest BCUT2D eigenvalue weighted by Crippen LogP contribution is 2.27. The summed E-state index contributed by atoms with van der Waals surface area (Å²) < 4.78 is 0. The predicted octanol–water partition coefficient (Wildman–Crippen LogP) is 2.75. The smallest absolute Gasteiger partial charge is 0.275 e. The first-order valence-corrected chi connectivity index (χ1v) is 5.16. The predicted molar refractivity (Wildman–Crippen MR) is 64.5 cm³/mol. The Bertz CT molecular complexity index is 538. The second-order valence-electron chi connectivity index (χ2n) is 3.62. The average Bonchev–Trinajstić information content (AvgIpc) is 2.39. The van der Waals surface area contributed by atoms with E-state index in [1.165, 1.54) is 6.07 Å². The van der Waals surface area contributed by atoms with Gasteiger partial charge >= 0.3 is 0 Å². The summed E-state index contributed by atoms with van der Waals surface area (Å²) in [6.45, 7) is -0.328. The molecule has 0 aliphatic rings. The van der Waals surface area contributed by atoms with E-state index >= 15 is 0 Å². The lowest BCUT2D eigenvalue weighted by Gasteiger charge is -2.04. The van der Waals surface area contributed by atoms with Crippen LogP contribution in [0.3, 0.4) is 0 Å². The molecule has 1 N–H and O–H groups in total. The summed E-state index contributed by atoms with van der Waals surface area (Å²) >= 11 is 0. The second kappa shape index (κ2) is 4.76. The Kier molecular flexibility index (Phi) is 3.16. The van der Waals surface area contributed by atoms with E-state index in [0.717, 1.165) is 11.1 Å². The number of nitro benzene ring substituents is 1. The zero-order chi connectivity index (χ0) is 12.3. The van der Waals surface area contributed by atoms with E-state index in [1.807, 2.05) is 30.3 Å². The lowest BCUT2D eigenvalue weighted by molar-refractivity contribution is -0.385. The Hall–Kier alpha value is -2.20. The van der Waals surface area contributed by atoms with E-state index in [9.17, 15) is 10.1 Å². The van der Waals surface area contributed by atoms with Crippen LogP contribution in [0.2, 0.25) is 0 Å². The normalized spacial score (nSPS) is 10.2. The Morgan fingerprint density at radius 1 is 1.06 bits per heavy atom. The highest BCUT2D eigenvalue weighted by molar-refractivity contribution is 5.67. The zero-order valence-electron chi connectivity index (χ0n) is 9.04. The Morgan fingerprint density at radius 3 is 2.35 bits per heavy atom. The summed E-state index contributed by atoms with van der Waals surface area (Å²) in [5, 5.41) is 19.9. The molecule has 2 aromatic carbocycles. The molecule has 86 valence electrons. The first-order valence-electron chi connectivity index (χ1n) is 5.16. The number of benzene rings is 2. The van der Waals surface area contributed by atoms with Gasteiger partial charge in [-0.25, -0.2) is 0 Å². The van der Waals surface area contributed by atoms with Crippen molar-refractivity contribution in [1.82, 2.24) is 0 Å². The van der Waals surface area contributed by atoms with Crippen molar-refractivity contribution in [2.24, 2.45) is 0 Å². The minimum absolute atomic E-state index is 0.0474. The van der Waals surface area contributed by atoms with E-state index in [4.69, 9.17) is 5.11 Å². The van der Waals surface area contributed by atoms with Crippen LogP contribution in [0.15, 0.2) is 48.5 Å². The van der Waals surface area contributed by atoms with Crippen molar-refractivity contribution in [1.29, 1.82) is 0 Å². The van der Waals surface area contributed by atoms with Gasteiger partial charge in [-0.2, -0.15) is 0 Å². The molecule has 0 heterocycles. The number of aliphatic hydroxyl groups is 1. The second-order valence-corrected chi connectivity index (χ2v) is 3.62. The van der Waals surface area contributed by atoms with E-state index < -0.39 is 4.92 Å². The van der Waals surface area contributed by atoms with Crippen molar-refractivity contribution in [3.05, 3.63) is 64.2 Å². The molecule has 0 aliphatic carbocycles. The maximum Gasteiger partial charge on any atom is 0.275 e. The molecule has 4 heteroatoms. The van der Waals surface area contributed by atoms with Gasteiger partial charge in [0.25, 0.3) is 5.69 Å². The van der Waals surface area contributed by atoms with E-state index in [2.05, 4.69) is 0 Å². The van der Waals surface area contributed by atoms with Gasteiger partial charge in [0.2, 0.25) is 0 Å².